The van der Waals surface area contributed by atoms with E-state index in [2.05, 4.69) is 11.0 Å². The Morgan fingerprint density at radius 2 is 1.60 bits per heavy atom. The van der Waals surface area contributed by atoms with Gasteiger partial charge in [-0.15, -0.1) is 0 Å². The molecule has 5 nitrogen and oxygen atoms in total. The number of benzene rings is 2. The zero-order chi connectivity index (χ0) is 30.8. The normalized spacial score (nSPS) is 22.6. The van der Waals surface area contributed by atoms with Gasteiger partial charge in [0.05, 0.1) is 5.41 Å². The number of ether oxygens (including phenoxy) is 1. The highest BCUT2D eigenvalue weighted by Gasteiger charge is 2.59. The van der Waals surface area contributed by atoms with Crippen molar-refractivity contribution in [1.82, 2.24) is 9.80 Å². The molecule has 1 amide bonds. The minimum atomic E-state index is -4.88. The van der Waals surface area contributed by atoms with Crippen LogP contribution in [-0.4, -0.2) is 59.6 Å². The molecular weight excluding hydrogens is 553 g/mol. The molecule has 1 spiro atoms. The van der Waals surface area contributed by atoms with Gasteiger partial charge in [-0.25, -0.2) is 0 Å². The quantitative estimate of drug-likeness (QED) is 0.271. The molecule has 5 rings (SSSR count). The highest BCUT2D eigenvalue weighted by Crippen LogP contribution is 2.55. The van der Waals surface area contributed by atoms with Crippen LogP contribution in [0.1, 0.15) is 70.4 Å². The molecule has 2 aliphatic carbocycles. The highest BCUT2D eigenvalue weighted by molar-refractivity contribution is 5.83. The molecule has 232 valence electrons. The van der Waals surface area contributed by atoms with Gasteiger partial charge in [0.2, 0.25) is 0 Å². The lowest BCUT2D eigenvalue weighted by Gasteiger charge is -2.55. The molecule has 2 atom stereocenters. The van der Waals surface area contributed by atoms with Crippen LogP contribution in [0, 0.1) is 16.7 Å². The van der Waals surface area contributed by atoms with Crippen molar-refractivity contribution >= 4 is 18.0 Å². The van der Waals surface area contributed by atoms with Gasteiger partial charge >= 0.3 is 18.1 Å². The standard InChI is InChI=1S/C35H43F3N2O3/c1-4-27(19-25-11-7-5-8-12-25)29-20-30(29)40(31(41)35(36,37)38)28-21-34(22-28)15-17-39(18-16-34)24-33(2,3)32(42)43-23-26-13-9-6-10-14-26/h5-14,19,28-30H,4,15-18,20-24H2,1-3H3/t29?,30-/m0/s1. The minimum Gasteiger partial charge on any atom is -0.460 e. The third-order valence-electron chi connectivity index (χ3n) is 9.66. The average molecular weight is 597 g/mol. The number of piperidine rings is 1. The van der Waals surface area contributed by atoms with Crippen LogP contribution in [0.5, 0.6) is 0 Å². The fraction of sp³-hybridized carbons (Fsp3) is 0.543. The van der Waals surface area contributed by atoms with Crippen molar-refractivity contribution in [3.05, 3.63) is 77.4 Å². The van der Waals surface area contributed by atoms with E-state index in [-0.39, 0.29) is 30.0 Å². The number of hydrogen-bond acceptors (Lipinski definition) is 4. The lowest BCUT2D eigenvalue weighted by Crippen LogP contribution is -2.59. The van der Waals surface area contributed by atoms with Crippen LogP contribution >= 0.6 is 0 Å². The Labute approximate surface area is 253 Å². The van der Waals surface area contributed by atoms with E-state index in [1.165, 1.54) is 4.90 Å². The Hall–Kier alpha value is -3.13. The molecular formula is C35H43F3N2O3. The van der Waals surface area contributed by atoms with E-state index in [0.29, 0.717) is 25.8 Å². The first kappa shape index (κ1) is 31.3. The molecule has 8 heteroatoms. The van der Waals surface area contributed by atoms with Crippen LogP contribution in [0.2, 0.25) is 0 Å². The predicted molar refractivity (Wildman–Crippen MR) is 161 cm³/mol. The number of halogens is 3. The third-order valence-corrected chi connectivity index (χ3v) is 9.66. The van der Waals surface area contributed by atoms with Gasteiger partial charge in [0.15, 0.2) is 0 Å². The minimum absolute atomic E-state index is 0.0289. The lowest BCUT2D eigenvalue weighted by atomic mass is 9.59. The summed E-state index contributed by atoms with van der Waals surface area (Å²) in [7, 11) is 0. The molecule has 0 N–H and O–H groups in total. The van der Waals surface area contributed by atoms with Crippen molar-refractivity contribution < 1.29 is 27.5 Å². The summed E-state index contributed by atoms with van der Waals surface area (Å²) in [5.41, 5.74) is 2.35. The second kappa shape index (κ2) is 12.5. The van der Waals surface area contributed by atoms with E-state index in [0.717, 1.165) is 49.1 Å². The number of hydrogen-bond donors (Lipinski definition) is 0. The van der Waals surface area contributed by atoms with E-state index < -0.39 is 23.5 Å². The number of carbonyl (C=O) groups is 2. The molecule has 2 saturated carbocycles. The van der Waals surface area contributed by atoms with Gasteiger partial charge in [0.1, 0.15) is 6.61 Å². The number of esters is 1. The second-order valence-electron chi connectivity index (χ2n) is 13.4. The van der Waals surface area contributed by atoms with Gasteiger partial charge in [-0.1, -0.05) is 79.2 Å². The summed E-state index contributed by atoms with van der Waals surface area (Å²) < 4.78 is 46.9. The number of alkyl halides is 3. The summed E-state index contributed by atoms with van der Waals surface area (Å²) >= 11 is 0. The fourth-order valence-corrected chi connectivity index (χ4v) is 7.13. The van der Waals surface area contributed by atoms with Crippen molar-refractivity contribution in [2.45, 2.75) is 84.2 Å². The number of likely N-dealkylation sites (tertiary alicyclic amines) is 1. The fourth-order valence-electron chi connectivity index (χ4n) is 7.13. The molecule has 0 bridgehead atoms. The summed E-state index contributed by atoms with van der Waals surface area (Å²) in [4.78, 5) is 29.0. The van der Waals surface area contributed by atoms with E-state index in [9.17, 15) is 22.8 Å². The number of nitrogens with zero attached hydrogens (tertiary/aromatic N) is 2. The molecule has 2 aromatic rings. The Balaban J connectivity index is 1.16. The molecule has 1 saturated heterocycles. The summed E-state index contributed by atoms with van der Waals surface area (Å²) in [5, 5.41) is 0. The van der Waals surface area contributed by atoms with Crippen LogP contribution in [0.25, 0.3) is 6.08 Å². The predicted octanol–water partition coefficient (Wildman–Crippen LogP) is 7.27. The Kier molecular flexibility index (Phi) is 9.07. The van der Waals surface area contributed by atoms with Crippen LogP contribution in [0.3, 0.4) is 0 Å². The maximum Gasteiger partial charge on any atom is 0.471 e. The maximum atomic E-state index is 13.8. The molecule has 43 heavy (non-hydrogen) atoms. The molecule has 2 aromatic carbocycles. The number of amides is 1. The van der Waals surface area contributed by atoms with Crippen molar-refractivity contribution in [3.8, 4) is 0 Å². The van der Waals surface area contributed by atoms with Gasteiger partial charge < -0.3 is 14.5 Å². The van der Waals surface area contributed by atoms with Gasteiger partial charge in [0.25, 0.3) is 0 Å². The summed E-state index contributed by atoms with van der Waals surface area (Å²) in [6.45, 7) is 8.18. The van der Waals surface area contributed by atoms with Gasteiger partial charge in [0, 0.05) is 24.5 Å². The first-order valence-corrected chi connectivity index (χ1v) is 15.5. The SMILES string of the molecule is CCC(=Cc1ccccc1)C1C[C@@H]1N(C(=O)C(F)(F)F)C1CC2(CCN(CC(C)(C)C(=O)OCc3ccccc3)CC2)C1. The van der Waals surface area contributed by atoms with Crippen LogP contribution < -0.4 is 0 Å². The van der Waals surface area contributed by atoms with Crippen molar-refractivity contribution in [3.63, 3.8) is 0 Å². The van der Waals surface area contributed by atoms with E-state index in [4.69, 9.17) is 4.74 Å². The van der Waals surface area contributed by atoms with Gasteiger partial charge in [-0.3, -0.25) is 9.59 Å². The molecule has 3 aliphatic rings. The molecule has 3 fully saturated rings. The monoisotopic (exact) mass is 596 g/mol. The maximum absolute atomic E-state index is 13.8. The summed E-state index contributed by atoms with van der Waals surface area (Å²) in [5.74, 6) is -1.96. The van der Waals surface area contributed by atoms with Crippen LogP contribution in [-0.2, 0) is 20.9 Å². The zero-order valence-corrected chi connectivity index (χ0v) is 25.4. The van der Waals surface area contributed by atoms with Crippen molar-refractivity contribution in [2.24, 2.45) is 16.7 Å². The van der Waals surface area contributed by atoms with E-state index >= 15 is 0 Å². The summed E-state index contributed by atoms with van der Waals surface area (Å²) in [6, 6.07) is 18.6. The first-order chi connectivity index (χ1) is 20.4. The lowest BCUT2D eigenvalue weighted by molar-refractivity contribution is -0.194. The molecule has 1 heterocycles. The number of carbonyl (C=O) groups excluding carboxylic acids is 2. The third kappa shape index (κ3) is 7.34. The largest absolute Gasteiger partial charge is 0.471 e. The molecule has 1 aliphatic heterocycles. The van der Waals surface area contributed by atoms with E-state index in [1.54, 1.807) is 0 Å². The summed E-state index contributed by atoms with van der Waals surface area (Å²) in [6.07, 6.45) is 1.44. The zero-order valence-electron chi connectivity index (χ0n) is 25.4. The molecule has 0 radical (unpaired) electrons. The van der Waals surface area contributed by atoms with Gasteiger partial charge in [-0.2, -0.15) is 13.2 Å². The van der Waals surface area contributed by atoms with Crippen LogP contribution in [0.15, 0.2) is 66.2 Å². The van der Waals surface area contributed by atoms with Crippen molar-refractivity contribution in [2.75, 3.05) is 19.6 Å². The Morgan fingerprint density at radius 1 is 1.00 bits per heavy atom. The first-order valence-electron chi connectivity index (χ1n) is 15.5. The Bertz CT molecular complexity index is 1290. The highest BCUT2D eigenvalue weighted by atomic mass is 19.4. The molecule has 1 unspecified atom stereocenters. The smallest absolute Gasteiger partial charge is 0.460 e. The average Bonchev–Trinajstić information content (AvgIpc) is 3.75. The van der Waals surface area contributed by atoms with Crippen LogP contribution in [0.4, 0.5) is 13.2 Å². The van der Waals surface area contributed by atoms with Gasteiger partial charge in [-0.05, 0) is 82.0 Å². The topological polar surface area (TPSA) is 49.9 Å². The second-order valence-corrected chi connectivity index (χ2v) is 13.4. The molecule has 0 aromatic heterocycles. The van der Waals surface area contributed by atoms with E-state index in [1.807, 2.05) is 81.4 Å². The number of rotatable bonds is 10. The van der Waals surface area contributed by atoms with Crippen molar-refractivity contribution in [1.29, 1.82) is 0 Å². The Morgan fingerprint density at radius 3 is 2.19 bits per heavy atom.